The summed E-state index contributed by atoms with van der Waals surface area (Å²) in [6.45, 7) is 0.265. The van der Waals surface area contributed by atoms with Crippen LogP contribution in [0.1, 0.15) is 31.4 Å². The number of ketones is 2. The standard InChI is InChI=1S/C18H16N4O5S/c1-19-17(25)14-13-15(24)12(9-11(23)16(13)27-22-14)28-8-7-20-18(26)21-10-5-3-2-4-6-10/h2-6,9H,7-8H2,1H3,(H,19,25)(H2,20,21,26). The van der Waals surface area contributed by atoms with Crippen LogP contribution in [-0.4, -0.2) is 48.0 Å². The maximum absolute atomic E-state index is 12.6. The van der Waals surface area contributed by atoms with Gasteiger partial charge in [0.15, 0.2) is 5.69 Å². The summed E-state index contributed by atoms with van der Waals surface area (Å²) in [6.07, 6.45) is 1.15. The lowest BCUT2D eigenvalue weighted by Crippen LogP contribution is -2.30. The number of benzene rings is 1. The molecule has 3 rings (SSSR count). The fourth-order valence-corrected chi connectivity index (χ4v) is 3.29. The molecule has 28 heavy (non-hydrogen) atoms. The average molecular weight is 400 g/mol. The molecule has 0 aliphatic heterocycles. The van der Waals surface area contributed by atoms with Gasteiger partial charge in [-0.25, -0.2) is 4.79 Å². The molecule has 0 fully saturated rings. The van der Waals surface area contributed by atoms with Crippen LogP contribution in [0.5, 0.6) is 0 Å². The number of carbonyl (C=O) groups is 4. The Labute approximate surface area is 163 Å². The molecule has 1 aliphatic rings. The molecule has 9 nitrogen and oxygen atoms in total. The maximum atomic E-state index is 12.6. The summed E-state index contributed by atoms with van der Waals surface area (Å²) in [6, 6.07) is 8.57. The Morgan fingerprint density at radius 3 is 2.64 bits per heavy atom. The van der Waals surface area contributed by atoms with Gasteiger partial charge in [-0.2, -0.15) is 0 Å². The highest BCUT2D eigenvalue weighted by molar-refractivity contribution is 8.04. The molecule has 1 aromatic carbocycles. The molecular weight excluding hydrogens is 384 g/mol. The van der Waals surface area contributed by atoms with Gasteiger partial charge < -0.3 is 20.5 Å². The van der Waals surface area contributed by atoms with Gasteiger partial charge in [-0.15, -0.1) is 11.8 Å². The van der Waals surface area contributed by atoms with Crippen molar-refractivity contribution in [1.29, 1.82) is 0 Å². The van der Waals surface area contributed by atoms with Gasteiger partial charge in [0, 0.05) is 31.1 Å². The van der Waals surface area contributed by atoms with Crippen LogP contribution in [0.2, 0.25) is 0 Å². The summed E-state index contributed by atoms with van der Waals surface area (Å²) in [5, 5.41) is 11.2. The molecule has 1 aliphatic carbocycles. The van der Waals surface area contributed by atoms with E-state index < -0.39 is 17.5 Å². The van der Waals surface area contributed by atoms with Crippen molar-refractivity contribution >= 4 is 41.0 Å². The Kier molecular flexibility index (Phi) is 5.90. The molecule has 3 amide bonds. The number of amides is 3. The number of nitrogens with zero attached hydrogens (tertiary/aromatic N) is 1. The number of fused-ring (bicyclic) bond motifs is 1. The van der Waals surface area contributed by atoms with E-state index in [9.17, 15) is 19.2 Å². The number of anilines is 1. The van der Waals surface area contributed by atoms with Gasteiger partial charge in [-0.05, 0) is 12.1 Å². The number of hydrogen-bond donors (Lipinski definition) is 3. The molecule has 144 valence electrons. The zero-order valence-electron chi connectivity index (χ0n) is 14.8. The predicted octanol–water partition coefficient (Wildman–Crippen LogP) is 1.85. The molecule has 2 aromatic rings. The van der Waals surface area contributed by atoms with Crippen molar-refractivity contribution in [2.45, 2.75) is 0 Å². The smallest absolute Gasteiger partial charge is 0.319 e. The molecule has 0 spiro atoms. The van der Waals surface area contributed by atoms with Gasteiger partial charge in [0.2, 0.25) is 17.3 Å². The largest absolute Gasteiger partial charge is 0.354 e. The molecule has 3 N–H and O–H groups in total. The number of nitrogens with one attached hydrogen (secondary N) is 3. The van der Waals surface area contributed by atoms with E-state index in [2.05, 4.69) is 21.1 Å². The molecule has 0 saturated carbocycles. The second kappa shape index (κ2) is 8.53. The normalized spacial score (nSPS) is 12.8. The van der Waals surface area contributed by atoms with E-state index in [0.717, 1.165) is 17.8 Å². The number of para-hydroxylation sites is 1. The van der Waals surface area contributed by atoms with Crippen LogP contribution in [0.4, 0.5) is 10.5 Å². The summed E-state index contributed by atoms with van der Waals surface area (Å²) >= 11 is 1.10. The highest BCUT2D eigenvalue weighted by Crippen LogP contribution is 2.30. The highest BCUT2D eigenvalue weighted by atomic mass is 32.2. The summed E-state index contributed by atoms with van der Waals surface area (Å²) in [4.78, 5) is 48.5. The fraction of sp³-hybridized carbons (Fsp3) is 0.167. The zero-order valence-corrected chi connectivity index (χ0v) is 15.6. The predicted molar refractivity (Wildman–Crippen MR) is 103 cm³/mol. The van der Waals surface area contributed by atoms with Crippen LogP contribution >= 0.6 is 11.8 Å². The minimum Gasteiger partial charge on any atom is -0.354 e. The zero-order chi connectivity index (χ0) is 20.1. The fourth-order valence-electron chi connectivity index (χ4n) is 2.45. The van der Waals surface area contributed by atoms with Crippen molar-refractivity contribution in [3.8, 4) is 0 Å². The summed E-state index contributed by atoms with van der Waals surface area (Å²) in [7, 11) is 1.39. The third-order valence-electron chi connectivity index (χ3n) is 3.75. The molecule has 10 heteroatoms. The van der Waals surface area contributed by atoms with E-state index in [4.69, 9.17) is 4.52 Å². The third-order valence-corrected chi connectivity index (χ3v) is 4.77. The number of Topliss-reactive ketones (excluding diaryl/α,β-unsaturated/α-hetero) is 1. The second-order valence-electron chi connectivity index (χ2n) is 5.61. The van der Waals surface area contributed by atoms with Crippen LogP contribution < -0.4 is 16.0 Å². The molecule has 0 bridgehead atoms. The first-order valence-corrected chi connectivity index (χ1v) is 9.25. The van der Waals surface area contributed by atoms with Gasteiger partial charge >= 0.3 is 6.03 Å². The number of thioether (sulfide) groups is 1. The van der Waals surface area contributed by atoms with Crippen LogP contribution in [-0.2, 0) is 0 Å². The van der Waals surface area contributed by atoms with E-state index in [1.165, 1.54) is 7.05 Å². The number of rotatable bonds is 6. The van der Waals surface area contributed by atoms with E-state index in [1.54, 1.807) is 24.3 Å². The van der Waals surface area contributed by atoms with E-state index in [0.29, 0.717) is 11.4 Å². The van der Waals surface area contributed by atoms with Crippen molar-refractivity contribution in [3.05, 3.63) is 58.3 Å². The van der Waals surface area contributed by atoms with E-state index in [1.807, 2.05) is 6.07 Å². The Bertz CT molecular complexity index is 968. The van der Waals surface area contributed by atoms with Crippen molar-refractivity contribution in [1.82, 2.24) is 15.8 Å². The lowest BCUT2D eigenvalue weighted by atomic mass is 10.00. The molecule has 0 atom stereocenters. The molecule has 1 aromatic heterocycles. The van der Waals surface area contributed by atoms with Gasteiger partial charge in [-0.1, -0.05) is 23.4 Å². The Morgan fingerprint density at radius 2 is 1.93 bits per heavy atom. The summed E-state index contributed by atoms with van der Waals surface area (Å²) in [5.74, 6) is -1.55. The minimum atomic E-state index is -0.614. The number of urea groups is 1. The topological polar surface area (TPSA) is 130 Å². The van der Waals surface area contributed by atoms with Crippen molar-refractivity contribution < 1.29 is 23.7 Å². The highest BCUT2D eigenvalue weighted by Gasteiger charge is 2.35. The van der Waals surface area contributed by atoms with Crippen LogP contribution in [0.25, 0.3) is 0 Å². The van der Waals surface area contributed by atoms with Crippen LogP contribution in [0.3, 0.4) is 0 Å². The first kappa shape index (κ1) is 19.4. The van der Waals surface area contributed by atoms with Crippen molar-refractivity contribution in [3.63, 3.8) is 0 Å². The molecular formula is C18H16N4O5S. The Balaban J connectivity index is 1.56. The molecule has 0 unspecified atom stereocenters. The van der Waals surface area contributed by atoms with Gasteiger partial charge in [0.25, 0.3) is 5.91 Å². The minimum absolute atomic E-state index is 0.135. The Morgan fingerprint density at radius 1 is 1.18 bits per heavy atom. The van der Waals surface area contributed by atoms with Gasteiger partial charge in [-0.3, -0.25) is 14.4 Å². The number of carbonyl (C=O) groups excluding carboxylic acids is 4. The van der Waals surface area contributed by atoms with Gasteiger partial charge in [0.1, 0.15) is 5.56 Å². The first-order valence-electron chi connectivity index (χ1n) is 8.26. The third kappa shape index (κ3) is 4.12. The molecule has 0 saturated heterocycles. The van der Waals surface area contributed by atoms with Crippen molar-refractivity contribution in [2.75, 3.05) is 24.7 Å². The van der Waals surface area contributed by atoms with Crippen molar-refractivity contribution in [2.24, 2.45) is 0 Å². The summed E-state index contributed by atoms with van der Waals surface area (Å²) < 4.78 is 4.85. The second-order valence-corrected chi connectivity index (χ2v) is 6.75. The quantitative estimate of drug-likeness (QED) is 0.631. The van der Waals surface area contributed by atoms with E-state index in [-0.39, 0.29) is 34.5 Å². The Hall–Kier alpha value is -3.40. The lowest BCUT2D eigenvalue weighted by molar-refractivity contribution is 0.0944. The first-order chi connectivity index (χ1) is 13.5. The van der Waals surface area contributed by atoms with E-state index >= 15 is 0 Å². The SMILES string of the molecule is CNC(=O)c1noc2c1C(=O)C(SCCNC(=O)Nc1ccccc1)=CC2=O. The maximum Gasteiger partial charge on any atom is 0.319 e. The van der Waals surface area contributed by atoms with Gasteiger partial charge in [0.05, 0.1) is 4.91 Å². The molecule has 0 radical (unpaired) electrons. The number of hydrogen-bond acceptors (Lipinski definition) is 7. The average Bonchev–Trinajstić information content (AvgIpc) is 3.15. The summed E-state index contributed by atoms with van der Waals surface area (Å²) in [5.41, 5.74) is 0.302. The number of allylic oxidation sites excluding steroid dienone is 2. The number of aromatic nitrogens is 1. The monoisotopic (exact) mass is 400 g/mol. The van der Waals surface area contributed by atoms with Crippen LogP contribution in [0.15, 0.2) is 45.8 Å². The van der Waals surface area contributed by atoms with Crippen LogP contribution in [0, 0.1) is 0 Å². The lowest BCUT2D eigenvalue weighted by Gasteiger charge is -2.11. The molecule has 1 heterocycles.